The van der Waals surface area contributed by atoms with Gasteiger partial charge in [0.05, 0.1) is 11.1 Å². The van der Waals surface area contributed by atoms with Gasteiger partial charge in [-0.05, 0) is 116 Å². The van der Waals surface area contributed by atoms with Crippen LogP contribution >= 0.6 is 11.6 Å². The van der Waals surface area contributed by atoms with Crippen LogP contribution in [0, 0.1) is 13.8 Å². The number of anilines is 2. The zero-order valence-electron chi connectivity index (χ0n) is 27.3. The topological polar surface area (TPSA) is 90.5 Å². The van der Waals surface area contributed by atoms with Crippen molar-refractivity contribution in [2.24, 2.45) is 0 Å². The number of aliphatic hydroxyl groups is 1. The Kier molecular flexibility index (Phi) is 8.34. The van der Waals surface area contributed by atoms with E-state index in [4.69, 9.17) is 26.0 Å². The number of halogens is 1. The third-order valence-corrected chi connectivity index (χ3v) is 10.1. The number of hydrogen-bond donors (Lipinski definition) is 2. The number of benzene rings is 3. The molecule has 2 N–H and O–H groups in total. The second kappa shape index (κ2) is 12.9. The fourth-order valence-electron chi connectivity index (χ4n) is 7.30. The molecule has 1 atom stereocenters. The lowest BCUT2D eigenvalue weighted by Gasteiger charge is -2.17. The largest absolute Gasteiger partial charge is 0.434 e. The molecule has 0 unspecified atom stereocenters. The summed E-state index contributed by atoms with van der Waals surface area (Å²) in [5.41, 5.74) is 10.9. The van der Waals surface area contributed by atoms with Gasteiger partial charge in [0.1, 0.15) is 11.0 Å². The monoisotopic (exact) mass is 658 g/mol. The van der Waals surface area contributed by atoms with E-state index in [2.05, 4.69) is 82.5 Å². The van der Waals surface area contributed by atoms with Gasteiger partial charge in [-0.1, -0.05) is 35.9 Å². The van der Waals surface area contributed by atoms with E-state index in [-0.39, 0.29) is 6.10 Å². The molecule has 0 aliphatic carbocycles. The van der Waals surface area contributed by atoms with E-state index >= 15 is 0 Å². The molecule has 0 saturated carbocycles. The third kappa shape index (κ3) is 6.05. The maximum Gasteiger partial charge on any atom is 0.227 e. The van der Waals surface area contributed by atoms with Crippen molar-refractivity contribution >= 4 is 45.1 Å². The molecule has 2 fully saturated rings. The van der Waals surface area contributed by atoms with Crippen molar-refractivity contribution in [3.63, 3.8) is 0 Å². The lowest BCUT2D eigenvalue weighted by molar-refractivity contribution is 0.175. The first-order chi connectivity index (χ1) is 23.4. The Bertz CT molecular complexity index is 2140. The van der Waals surface area contributed by atoms with Crippen LogP contribution in [0.15, 0.2) is 77.5 Å². The average molecular weight is 659 g/mol. The van der Waals surface area contributed by atoms with Crippen LogP contribution in [-0.4, -0.2) is 62.1 Å². The molecule has 3 aromatic heterocycles. The number of aromatic nitrogens is 3. The molecule has 0 amide bonds. The van der Waals surface area contributed by atoms with Gasteiger partial charge in [0.25, 0.3) is 0 Å². The number of likely N-dealkylation sites (tertiary alicyclic amines) is 2. The van der Waals surface area contributed by atoms with Crippen LogP contribution in [0.4, 0.5) is 11.5 Å². The quantitative estimate of drug-likeness (QED) is 0.169. The maximum absolute atomic E-state index is 9.92. The fourth-order valence-corrected chi connectivity index (χ4v) is 7.57. The second-order valence-electron chi connectivity index (χ2n) is 13.3. The first kappa shape index (κ1) is 31.0. The van der Waals surface area contributed by atoms with Crippen LogP contribution in [0.2, 0.25) is 5.02 Å². The Morgan fingerprint density at radius 1 is 0.875 bits per heavy atom. The molecular weight excluding hydrogens is 620 g/mol. The smallest absolute Gasteiger partial charge is 0.227 e. The van der Waals surface area contributed by atoms with E-state index in [0.717, 1.165) is 94.6 Å². The number of nitrogens with zero attached hydrogens (tertiary/aromatic N) is 5. The molecule has 0 spiro atoms. The predicted molar refractivity (Wildman–Crippen MR) is 193 cm³/mol. The highest BCUT2D eigenvalue weighted by molar-refractivity contribution is 6.34. The van der Waals surface area contributed by atoms with Crippen molar-refractivity contribution in [2.75, 3.05) is 31.5 Å². The van der Waals surface area contributed by atoms with Crippen molar-refractivity contribution < 1.29 is 9.52 Å². The highest BCUT2D eigenvalue weighted by atomic mass is 35.5. The maximum atomic E-state index is 9.92. The fraction of sp³-hybridized carbons (Fsp3) is 0.308. The Labute approximate surface area is 285 Å². The van der Waals surface area contributed by atoms with E-state index in [1.165, 1.54) is 18.4 Å². The molecule has 244 valence electrons. The average Bonchev–Trinajstić information content (AvgIpc) is 3.84. The Morgan fingerprint density at radius 3 is 2.46 bits per heavy atom. The number of oxazole rings is 1. The Balaban J connectivity index is 1.08. The molecule has 48 heavy (non-hydrogen) atoms. The van der Waals surface area contributed by atoms with Crippen molar-refractivity contribution in [1.29, 1.82) is 0 Å². The van der Waals surface area contributed by atoms with Gasteiger partial charge in [0, 0.05) is 55.2 Å². The molecule has 0 radical (unpaired) electrons. The van der Waals surface area contributed by atoms with Gasteiger partial charge in [-0.2, -0.15) is 0 Å². The summed E-state index contributed by atoms with van der Waals surface area (Å²) < 4.78 is 6.31. The summed E-state index contributed by atoms with van der Waals surface area (Å²) in [7, 11) is 0. The van der Waals surface area contributed by atoms with Crippen molar-refractivity contribution in [2.45, 2.75) is 52.3 Å². The lowest BCUT2D eigenvalue weighted by atomic mass is 9.93. The second-order valence-corrected chi connectivity index (χ2v) is 13.7. The van der Waals surface area contributed by atoms with E-state index in [1.807, 2.05) is 24.5 Å². The van der Waals surface area contributed by atoms with Crippen LogP contribution in [0.25, 0.3) is 44.6 Å². The number of fused-ring (bicyclic) bond motifs is 2. The van der Waals surface area contributed by atoms with Gasteiger partial charge in [0.2, 0.25) is 5.89 Å². The van der Waals surface area contributed by atoms with Crippen LogP contribution in [0.1, 0.15) is 41.5 Å². The lowest BCUT2D eigenvalue weighted by Crippen LogP contribution is -2.21. The van der Waals surface area contributed by atoms with Gasteiger partial charge in [-0.15, -0.1) is 0 Å². The zero-order chi connectivity index (χ0) is 32.8. The standard InChI is InChI=1S/C39H39ClN6O2/c1-24-30(7-5-9-32(24)39-44-35-19-26(18-33(40)37(35)48-39)21-45-14-3-4-15-45)31-8-6-10-34(25(31)2)43-38-36-28(11-13-41-38)17-27(20-42-36)22-46-16-12-29(47)23-46/h5-11,13,17-20,29,47H,3-4,12,14-16,21-23H2,1-2H3,(H,41,43)/t29-/m0/s1. The van der Waals surface area contributed by atoms with Crippen molar-refractivity contribution in [3.05, 3.63) is 100 Å². The predicted octanol–water partition coefficient (Wildman–Crippen LogP) is 8.28. The van der Waals surface area contributed by atoms with Crippen molar-refractivity contribution in [1.82, 2.24) is 24.8 Å². The summed E-state index contributed by atoms with van der Waals surface area (Å²) >= 11 is 6.72. The van der Waals surface area contributed by atoms with E-state index in [9.17, 15) is 5.11 Å². The number of nitrogens with one attached hydrogen (secondary N) is 1. The highest BCUT2D eigenvalue weighted by Gasteiger charge is 2.21. The molecule has 2 saturated heterocycles. The highest BCUT2D eigenvalue weighted by Crippen LogP contribution is 2.38. The van der Waals surface area contributed by atoms with Gasteiger partial charge >= 0.3 is 0 Å². The van der Waals surface area contributed by atoms with Gasteiger partial charge in [-0.25, -0.2) is 9.97 Å². The summed E-state index contributed by atoms with van der Waals surface area (Å²) in [5.74, 6) is 1.29. The number of rotatable bonds is 8. The van der Waals surface area contributed by atoms with Crippen LogP contribution in [-0.2, 0) is 13.1 Å². The number of pyridine rings is 2. The SMILES string of the molecule is Cc1c(Nc2nccc3cc(CN4CC[C@H](O)C4)cnc23)cccc1-c1cccc(-c2nc3cc(CN4CCCC4)cc(Cl)c3o2)c1C. The molecule has 2 aliphatic heterocycles. The molecule has 9 heteroatoms. The Morgan fingerprint density at radius 2 is 1.65 bits per heavy atom. The minimum atomic E-state index is -0.234. The summed E-state index contributed by atoms with van der Waals surface area (Å²) in [5, 5.41) is 15.1. The first-order valence-electron chi connectivity index (χ1n) is 16.8. The molecule has 0 bridgehead atoms. The van der Waals surface area contributed by atoms with Crippen LogP contribution in [0.3, 0.4) is 0 Å². The third-order valence-electron chi connectivity index (χ3n) is 9.86. The Hall–Kier alpha value is -4.34. The molecule has 2 aliphatic rings. The zero-order valence-corrected chi connectivity index (χ0v) is 28.1. The van der Waals surface area contributed by atoms with Crippen LogP contribution < -0.4 is 5.32 Å². The summed E-state index contributed by atoms with van der Waals surface area (Å²) in [6.45, 7) is 9.79. The first-order valence-corrected chi connectivity index (χ1v) is 17.2. The minimum absolute atomic E-state index is 0.234. The normalized spacial score (nSPS) is 17.2. The van der Waals surface area contributed by atoms with Crippen LogP contribution in [0.5, 0.6) is 0 Å². The van der Waals surface area contributed by atoms with Crippen molar-refractivity contribution in [3.8, 4) is 22.6 Å². The van der Waals surface area contributed by atoms with Gasteiger partial charge in [0.15, 0.2) is 11.4 Å². The summed E-state index contributed by atoms with van der Waals surface area (Å²) in [4.78, 5) is 19.1. The molecule has 6 aromatic rings. The number of β-amino-alcohol motifs (C(OH)–C–C–N with tert-alkyl or cyclic N) is 1. The molecule has 3 aromatic carbocycles. The molecular formula is C39H39ClN6O2. The minimum Gasteiger partial charge on any atom is -0.434 e. The number of aliphatic hydroxyl groups excluding tert-OH is 1. The summed E-state index contributed by atoms with van der Waals surface area (Å²) in [6.07, 6.45) is 6.84. The number of hydrogen-bond acceptors (Lipinski definition) is 8. The molecule has 8 nitrogen and oxygen atoms in total. The van der Waals surface area contributed by atoms with Gasteiger partial charge < -0.3 is 14.8 Å². The summed E-state index contributed by atoms with van der Waals surface area (Å²) in [6, 6.07) is 20.9. The van der Waals surface area contributed by atoms with E-state index in [0.29, 0.717) is 28.9 Å². The van der Waals surface area contributed by atoms with E-state index in [1.54, 1.807) is 0 Å². The molecule has 8 rings (SSSR count). The van der Waals surface area contributed by atoms with Gasteiger partial charge in [-0.3, -0.25) is 14.8 Å². The molecule has 5 heterocycles. The van der Waals surface area contributed by atoms with E-state index < -0.39 is 0 Å².